The lowest BCUT2D eigenvalue weighted by molar-refractivity contribution is -0.120. The third-order valence-electron chi connectivity index (χ3n) is 5.07. The monoisotopic (exact) mass is 386 g/mol. The Kier molecular flexibility index (Phi) is 5.97. The van der Waals surface area contributed by atoms with Crippen molar-refractivity contribution in [2.45, 2.75) is 32.4 Å². The molecule has 1 amide bonds. The van der Waals surface area contributed by atoms with Gasteiger partial charge in [0.25, 0.3) is 0 Å². The number of hydrogen-bond donors (Lipinski definition) is 1. The second kappa shape index (κ2) is 8.23. The molecule has 3 rings (SSSR count). The van der Waals surface area contributed by atoms with E-state index < -0.39 is 10.0 Å². The Morgan fingerprint density at radius 3 is 2.41 bits per heavy atom. The van der Waals surface area contributed by atoms with Gasteiger partial charge in [0.05, 0.1) is 11.7 Å². The maximum Gasteiger partial charge on any atom is 0.228 e. The molecule has 0 bridgehead atoms. The van der Waals surface area contributed by atoms with Crippen LogP contribution in [-0.2, 0) is 20.6 Å². The van der Waals surface area contributed by atoms with Crippen LogP contribution in [0, 0.1) is 19.8 Å². The van der Waals surface area contributed by atoms with Crippen LogP contribution >= 0.6 is 0 Å². The second-order valence-electron chi connectivity index (χ2n) is 7.20. The number of carbonyl (C=O) groups excluding carboxylic acids is 1. The number of benzene rings is 2. The quantitative estimate of drug-likeness (QED) is 0.855. The molecule has 27 heavy (non-hydrogen) atoms. The minimum Gasteiger partial charge on any atom is -0.325 e. The molecule has 0 saturated carbocycles. The van der Waals surface area contributed by atoms with Gasteiger partial charge in [-0.05, 0) is 43.4 Å². The summed E-state index contributed by atoms with van der Waals surface area (Å²) in [5, 5.41) is 3.01. The van der Waals surface area contributed by atoms with Gasteiger partial charge < -0.3 is 5.32 Å². The zero-order chi connectivity index (χ0) is 19.4. The number of carbonyl (C=O) groups is 1. The summed E-state index contributed by atoms with van der Waals surface area (Å²) in [7, 11) is -3.44. The van der Waals surface area contributed by atoms with E-state index in [1.54, 1.807) is 0 Å². The van der Waals surface area contributed by atoms with E-state index in [-0.39, 0.29) is 24.1 Å². The minimum absolute atomic E-state index is 0.0287. The van der Waals surface area contributed by atoms with Crippen molar-refractivity contribution in [1.29, 1.82) is 0 Å². The standard InChI is InChI=1S/C21H26N2O3S/c1-16-8-6-9-17(2)20(16)22-21(24)19-12-7-13-23(14-19)27(25,26)15-18-10-4-3-5-11-18/h3-6,8-11,19H,7,12-15H2,1-2H3,(H,22,24)/t19-/m1/s1. The van der Waals surface area contributed by atoms with Crippen LogP contribution in [0.5, 0.6) is 0 Å². The van der Waals surface area contributed by atoms with E-state index in [2.05, 4.69) is 5.32 Å². The van der Waals surface area contributed by atoms with E-state index in [9.17, 15) is 13.2 Å². The summed E-state index contributed by atoms with van der Waals surface area (Å²) < 4.78 is 27.0. The molecule has 0 radical (unpaired) electrons. The highest BCUT2D eigenvalue weighted by atomic mass is 32.2. The summed E-state index contributed by atoms with van der Waals surface area (Å²) in [5.41, 5.74) is 3.60. The van der Waals surface area contributed by atoms with Crippen molar-refractivity contribution in [3.63, 3.8) is 0 Å². The molecule has 1 aliphatic rings. The van der Waals surface area contributed by atoms with Crippen LogP contribution in [-0.4, -0.2) is 31.7 Å². The fourth-order valence-corrected chi connectivity index (χ4v) is 5.13. The number of anilines is 1. The van der Waals surface area contributed by atoms with Crippen molar-refractivity contribution in [3.05, 3.63) is 65.2 Å². The number of rotatable bonds is 5. The number of nitrogens with one attached hydrogen (secondary N) is 1. The molecule has 1 heterocycles. The normalized spacial score (nSPS) is 18.2. The molecule has 5 nitrogen and oxygen atoms in total. The van der Waals surface area contributed by atoms with Crippen LogP contribution in [0.15, 0.2) is 48.5 Å². The number of amides is 1. The van der Waals surface area contributed by atoms with Gasteiger partial charge in [0, 0.05) is 18.8 Å². The molecule has 6 heteroatoms. The van der Waals surface area contributed by atoms with Crippen molar-refractivity contribution >= 4 is 21.6 Å². The van der Waals surface area contributed by atoms with E-state index in [4.69, 9.17) is 0 Å². The van der Waals surface area contributed by atoms with Crippen LogP contribution in [0.1, 0.15) is 29.5 Å². The minimum atomic E-state index is -3.44. The van der Waals surface area contributed by atoms with Crippen LogP contribution in [0.4, 0.5) is 5.69 Å². The summed E-state index contributed by atoms with van der Waals surface area (Å²) >= 11 is 0. The van der Waals surface area contributed by atoms with Crippen molar-refractivity contribution < 1.29 is 13.2 Å². The summed E-state index contributed by atoms with van der Waals surface area (Å²) in [6.45, 7) is 4.63. The van der Waals surface area contributed by atoms with Gasteiger partial charge in [-0.2, -0.15) is 0 Å². The lowest BCUT2D eigenvalue weighted by Gasteiger charge is -2.31. The summed E-state index contributed by atoms with van der Waals surface area (Å²) in [6.07, 6.45) is 1.40. The molecule has 1 N–H and O–H groups in total. The van der Waals surface area contributed by atoms with Crippen LogP contribution in [0.2, 0.25) is 0 Å². The predicted molar refractivity (Wildman–Crippen MR) is 108 cm³/mol. The van der Waals surface area contributed by atoms with Gasteiger partial charge in [0.15, 0.2) is 0 Å². The number of hydrogen-bond acceptors (Lipinski definition) is 3. The molecule has 144 valence electrons. The molecule has 1 aliphatic heterocycles. The Morgan fingerprint density at radius 2 is 1.74 bits per heavy atom. The number of para-hydroxylation sites is 1. The smallest absolute Gasteiger partial charge is 0.228 e. The number of piperidine rings is 1. The molecule has 1 fully saturated rings. The number of nitrogens with zero attached hydrogens (tertiary/aromatic N) is 1. The Hall–Kier alpha value is -2.18. The average molecular weight is 387 g/mol. The van der Waals surface area contributed by atoms with Crippen molar-refractivity contribution in [2.75, 3.05) is 18.4 Å². The Bertz CT molecular complexity index is 890. The molecule has 0 aromatic heterocycles. The molecule has 2 aromatic rings. The van der Waals surface area contributed by atoms with Gasteiger partial charge in [-0.25, -0.2) is 12.7 Å². The second-order valence-corrected chi connectivity index (χ2v) is 9.16. The Labute approximate surface area is 161 Å². The number of aryl methyl sites for hydroxylation is 2. The fraction of sp³-hybridized carbons (Fsp3) is 0.381. The van der Waals surface area contributed by atoms with Gasteiger partial charge in [-0.15, -0.1) is 0 Å². The van der Waals surface area contributed by atoms with Crippen LogP contribution in [0.3, 0.4) is 0 Å². The first kappa shape index (κ1) is 19.6. The van der Waals surface area contributed by atoms with E-state index in [0.717, 1.165) is 22.4 Å². The summed E-state index contributed by atoms with van der Waals surface area (Å²) in [5.74, 6) is -0.464. The highest BCUT2D eigenvalue weighted by Crippen LogP contribution is 2.25. The topological polar surface area (TPSA) is 66.5 Å². The average Bonchev–Trinajstić information content (AvgIpc) is 2.65. The van der Waals surface area contributed by atoms with Crippen molar-refractivity contribution in [2.24, 2.45) is 5.92 Å². The molecular weight excluding hydrogens is 360 g/mol. The molecule has 2 aromatic carbocycles. The van der Waals surface area contributed by atoms with Gasteiger partial charge in [0.1, 0.15) is 0 Å². The molecule has 0 unspecified atom stereocenters. The summed E-state index contributed by atoms with van der Waals surface area (Å²) in [6, 6.07) is 15.0. The zero-order valence-corrected chi connectivity index (χ0v) is 16.6. The largest absolute Gasteiger partial charge is 0.325 e. The molecule has 1 saturated heterocycles. The maximum absolute atomic E-state index is 12.8. The van der Waals surface area contributed by atoms with Gasteiger partial charge in [0.2, 0.25) is 15.9 Å². The first-order valence-electron chi connectivity index (χ1n) is 9.25. The van der Waals surface area contributed by atoms with Gasteiger partial charge in [-0.1, -0.05) is 48.5 Å². The Morgan fingerprint density at radius 1 is 1.07 bits per heavy atom. The lowest BCUT2D eigenvalue weighted by Crippen LogP contribution is -2.44. The van der Waals surface area contributed by atoms with Crippen LogP contribution < -0.4 is 5.32 Å². The molecule has 1 atom stereocenters. The van der Waals surface area contributed by atoms with Gasteiger partial charge >= 0.3 is 0 Å². The predicted octanol–water partition coefficient (Wildman–Crippen LogP) is 3.48. The van der Waals surface area contributed by atoms with E-state index in [1.807, 2.05) is 62.4 Å². The third kappa shape index (κ3) is 4.76. The molecule has 0 spiro atoms. The van der Waals surface area contributed by atoms with Crippen LogP contribution in [0.25, 0.3) is 0 Å². The van der Waals surface area contributed by atoms with Crippen molar-refractivity contribution in [1.82, 2.24) is 4.31 Å². The Balaban J connectivity index is 1.69. The third-order valence-corrected chi connectivity index (χ3v) is 6.89. The van der Waals surface area contributed by atoms with E-state index in [1.165, 1.54) is 4.31 Å². The van der Waals surface area contributed by atoms with E-state index >= 15 is 0 Å². The van der Waals surface area contributed by atoms with E-state index in [0.29, 0.717) is 19.4 Å². The summed E-state index contributed by atoms with van der Waals surface area (Å²) in [4.78, 5) is 12.8. The maximum atomic E-state index is 12.8. The SMILES string of the molecule is Cc1cccc(C)c1NC(=O)[C@@H]1CCCN(S(=O)(=O)Cc2ccccc2)C1. The molecular formula is C21H26N2O3S. The van der Waals surface area contributed by atoms with Crippen molar-refractivity contribution in [3.8, 4) is 0 Å². The highest BCUT2D eigenvalue weighted by molar-refractivity contribution is 7.88. The fourth-order valence-electron chi connectivity index (χ4n) is 3.52. The number of sulfonamides is 1. The van der Waals surface area contributed by atoms with Gasteiger partial charge in [-0.3, -0.25) is 4.79 Å². The molecule has 0 aliphatic carbocycles. The highest BCUT2D eigenvalue weighted by Gasteiger charge is 2.32. The first-order valence-corrected chi connectivity index (χ1v) is 10.9. The zero-order valence-electron chi connectivity index (χ0n) is 15.8. The first-order chi connectivity index (χ1) is 12.9. The lowest BCUT2D eigenvalue weighted by atomic mass is 9.98.